The molecule has 0 bridgehead atoms. The van der Waals surface area contributed by atoms with Gasteiger partial charge in [-0.2, -0.15) is 0 Å². The molecule has 27 heavy (non-hydrogen) atoms. The van der Waals surface area contributed by atoms with Crippen LogP contribution in [0.5, 0.6) is 0 Å². The molecule has 0 aliphatic carbocycles. The highest BCUT2D eigenvalue weighted by molar-refractivity contribution is 5.90. The highest BCUT2D eigenvalue weighted by Crippen LogP contribution is 2.22. The second-order valence-corrected chi connectivity index (χ2v) is 7.18. The number of carbonyl (C=O) groups excluding carboxylic acids is 1. The SMILES string of the molecule is COCCCN1CC[C@H](CNC(=O)Nc2cccc(-n3cccc3)c2C)C1. The average Bonchev–Trinajstić information content (AvgIpc) is 3.34. The maximum Gasteiger partial charge on any atom is 0.319 e. The molecule has 1 aliphatic heterocycles. The highest BCUT2D eigenvalue weighted by Gasteiger charge is 2.22. The molecule has 2 amide bonds. The van der Waals surface area contributed by atoms with Gasteiger partial charge in [0.25, 0.3) is 0 Å². The molecule has 0 spiro atoms. The zero-order valence-electron chi connectivity index (χ0n) is 16.3. The minimum atomic E-state index is -0.138. The topological polar surface area (TPSA) is 58.5 Å². The molecule has 0 radical (unpaired) electrons. The standard InChI is InChI=1S/C21H30N4O2/c1-17-19(7-5-8-20(17)25-11-3-4-12-25)23-21(26)22-15-18-9-13-24(16-18)10-6-14-27-2/h3-5,7-8,11-12,18H,6,9-10,13-16H2,1-2H3,(H2,22,23,26)/t18-/m1/s1. The van der Waals surface area contributed by atoms with Crippen LogP contribution in [0.25, 0.3) is 5.69 Å². The van der Waals surface area contributed by atoms with Gasteiger partial charge in [0.1, 0.15) is 0 Å². The Labute approximate surface area is 161 Å². The molecule has 2 heterocycles. The summed E-state index contributed by atoms with van der Waals surface area (Å²) in [6, 6.07) is 9.80. The van der Waals surface area contributed by atoms with Crippen LogP contribution >= 0.6 is 0 Å². The predicted octanol–water partition coefficient (Wildman–Crippen LogP) is 3.27. The van der Waals surface area contributed by atoms with Crippen LogP contribution < -0.4 is 10.6 Å². The van der Waals surface area contributed by atoms with Crippen molar-refractivity contribution in [2.24, 2.45) is 5.92 Å². The van der Waals surface area contributed by atoms with Gasteiger partial charge >= 0.3 is 6.03 Å². The fraction of sp³-hybridized carbons (Fsp3) is 0.476. The molecule has 1 aromatic carbocycles. The van der Waals surface area contributed by atoms with Crippen molar-refractivity contribution in [2.75, 3.05) is 45.2 Å². The van der Waals surface area contributed by atoms with Gasteiger partial charge in [-0.25, -0.2) is 4.79 Å². The molecular weight excluding hydrogens is 340 g/mol. The van der Waals surface area contributed by atoms with Crippen LogP contribution in [-0.2, 0) is 4.74 Å². The van der Waals surface area contributed by atoms with Crippen LogP contribution in [0.3, 0.4) is 0 Å². The van der Waals surface area contributed by atoms with E-state index in [4.69, 9.17) is 4.74 Å². The van der Waals surface area contributed by atoms with Crippen LogP contribution in [0.4, 0.5) is 10.5 Å². The second kappa shape index (κ2) is 9.58. The van der Waals surface area contributed by atoms with Gasteiger partial charge in [-0.3, -0.25) is 0 Å². The van der Waals surface area contributed by atoms with Gasteiger partial charge in [-0.15, -0.1) is 0 Å². The number of benzene rings is 1. The Balaban J connectivity index is 1.47. The van der Waals surface area contributed by atoms with Crippen molar-refractivity contribution in [1.82, 2.24) is 14.8 Å². The number of likely N-dealkylation sites (tertiary alicyclic amines) is 1. The molecule has 0 saturated carbocycles. The van der Waals surface area contributed by atoms with E-state index in [2.05, 4.69) is 26.2 Å². The van der Waals surface area contributed by atoms with Crippen LogP contribution in [0.2, 0.25) is 0 Å². The third-order valence-electron chi connectivity index (χ3n) is 5.18. The zero-order chi connectivity index (χ0) is 19.1. The first-order valence-electron chi connectivity index (χ1n) is 9.66. The molecule has 3 rings (SSSR count). The highest BCUT2D eigenvalue weighted by atomic mass is 16.5. The van der Waals surface area contributed by atoms with E-state index in [-0.39, 0.29) is 6.03 Å². The molecular formula is C21H30N4O2. The van der Waals surface area contributed by atoms with Crippen molar-refractivity contribution < 1.29 is 9.53 Å². The van der Waals surface area contributed by atoms with E-state index in [9.17, 15) is 4.79 Å². The van der Waals surface area contributed by atoms with Gasteiger partial charge in [0, 0.05) is 57.1 Å². The Morgan fingerprint density at radius 1 is 1.26 bits per heavy atom. The molecule has 6 nitrogen and oxygen atoms in total. The van der Waals surface area contributed by atoms with E-state index in [1.165, 1.54) is 0 Å². The number of amides is 2. The molecule has 0 unspecified atom stereocenters. The molecule has 1 saturated heterocycles. The number of ether oxygens (including phenoxy) is 1. The van der Waals surface area contributed by atoms with Crippen molar-refractivity contribution in [3.63, 3.8) is 0 Å². The summed E-state index contributed by atoms with van der Waals surface area (Å²) in [6.07, 6.45) is 6.21. The first-order valence-corrected chi connectivity index (χ1v) is 9.66. The van der Waals surface area contributed by atoms with Gasteiger partial charge < -0.3 is 24.8 Å². The van der Waals surface area contributed by atoms with Crippen LogP contribution in [0, 0.1) is 12.8 Å². The second-order valence-electron chi connectivity index (χ2n) is 7.18. The summed E-state index contributed by atoms with van der Waals surface area (Å²) in [5.74, 6) is 0.519. The van der Waals surface area contributed by atoms with Crippen molar-refractivity contribution in [1.29, 1.82) is 0 Å². The van der Waals surface area contributed by atoms with E-state index >= 15 is 0 Å². The van der Waals surface area contributed by atoms with Gasteiger partial charge in [-0.05, 0) is 62.1 Å². The van der Waals surface area contributed by atoms with Crippen LogP contribution in [0.15, 0.2) is 42.7 Å². The molecule has 2 aromatic rings. The number of hydrogen-bond acceptors (Lipinski definition) is 3. The first-order chi connectivity index (χ1) is 13.2. The van der Waals surface area contributed by atoms with Crippen molar-refractivity contribution in [2.45, 2.75) is 19.8 Å². The van der Waals surface area contributed by atoms with E-state index in [0.717, 1.165) is 56.0 Å². The molecule has 1 atom stereocenters. The molecule has 1 aliphatic rings. The Hall–Kier alpha value is -2.31. The summed E-state index contributed by atoms with van der Waals surface area (Å²) in [5.41, 5.74) is 2.96. The number of nitrogens with one attached hydrogen (secondary N) is 2. The largest absolute Gasteiger partial charge is 0.385 e. The normalized spacial score (nSPS) is 17.2. The number of methoxy groups -OCH3 is 1. The maximum atomic E-state index is 12.4. The minimum absolute atomic E-state index is 0.138. The van der Waals surface area contributed by atoms with E-state index < -0.39 is 0 Å². The van der Waals surface area contributed by atoms with Crippen LogP contribution in [0.1, 0.15) is 18.4 Å². The Bertz CT molecular complexity index is 730. The van der Waals surface area contributed by atoms with Gasteiger partial charge in [0.2, 0.25) is 0 Å². The fourth-order valence-corrected chi connectivity index (χ4v) is 3.65. The van der Waals surface area contributed by atoms with Crippen molar-refractivity contribution in [3.05, 3.63) is 48.3 Å². The predicted molar refractivity (Wildman–Crippen MR) is 109 cm³/mol. The van der Waals surface area contributed by atoms with Gasteiger partial charge in [-0.1, -0.05) is 6.07 Å². The van der Waals surface area contributed by atoms with Crippen LogP contribution in [-0.4, -0.2) is 55.4 Å². The summed E-state index contributed by atoms with van der Waals surface area (Å²) < 4.78 is 7.16. The number of urea groups is 1. The number of carbonyl (C=O) groups is 1. The number of rotatable bonds is 8. The first kappa shape index (κ1) is 19.5. The summed E-state index contributed by atoms with van der Waals surface area (Å²) in [6.45, 7) is 6.77. The number of nitrogens with zero attached hydrogens (tertiary/aromatic N) is 2. The van der Waals surface area contributed by atoms with E-state index in [0.29, 0.717) is 12.5 Å². The number of hydrogen-bond donors (Lipinski definition) is 2. The third-order valence-corrected chi connectivity index (χ3v) is 5.18. The summed E-state index contributed by atoms with van der Waals surface area (Å²) in [7, 11) is 1.74. The molecule has 2 N–H and O–H groups in total. The van der Waals surface area contributed by atoms with Gasteiger partial charge in [0.05, 0.1) is 0 Å². The number of anilines is 1. The Kier molecular flexibility index (Phi) is 6.90. The quantitative estimate of drug-likeness (QED) is 0.701. The summed E-state index contributed by atoms with van der Waals surface area (Å²) in [4.78, 5) is 14.8. The van der Waals surface area contributed by atoms with E-state index in [1.807, 2.05) is 43.6 Å². The van der Waals surface area contributed by atoms with Crippen molar-refractivity contribution in [3.8, 4) is 5.69 Å². The lowest BCUT2D eigenvalue weighted by Gasteiger charge is -2.17. The summed E-state index contributed by atoms with van der Waals surface area (Å²) in [5, 5.41) is 6.03. The van der Waals surface area contributed by atoms with Crippen molar-refractivity contribution >= 4 is 11.7 Å². The van der Waals surface area contributed by atoms with E-state index in [1.54, 1.807) is 7.11 Å². The lowest BCUT2D eigenvalue weighted by molar-refractivity contribution is 0.178. The minimum Gasteiger partial charge on any atom is -0.385 e. The average molecular weight is 370 g/mol. The lowest BCUT2D eigenvalue weighted by atomic mass is 10.1. The molecule has 146 valence electrons. The Morgan fingerprint density at radius 2 is 2.07 bits per heavy atom. The molecule has 6 heteroatoms. The monoisotopic (exact) mass is 370 g/mol. The summed E-state index contributed by atoms with van der Waals surface area (Å²) >= 11 is 0. The molecule has 1 fully saturated rings. The smallest absolute Gasteiger partial charge is 0.319 e. The zero-order valence-corrected chi connectivity index (χ0v) is 16.3. The maximum absolute atomic E-state index is 12.4. The molecule has 1 aromatic heterocycles. The number of aromatic nitrogens is 1. The Morgan fingerprint density at radius 3 is 2.85 bits per heavy atom. The lowest BCUT2D eigenvalue weighted by Crippen LogP contribution is -2.34. The van der Waals surface area contributed by atoms with Gasteiger partial charge in [0.15, 0.2) is 0 Å². The fourth-order valence-electron chi connectivity index (χ4n) is 3.65. The third kappa shape index (κ3) is 5.34.